The van der Waals surface area contributed by atoms with Gasteiger partial charge in [-0.2, -0.15) is 0 Å². The van der Waals surface area contributed by atoms with E-state index in [0.717, 1.165) is 40.6 Å². The van der Waals surface area contributed by atoms with Crippen molar-refractivity contribution in [2.45, 2.75) is 60.5 Å². The van der Waals surface area contributed by atoms with Crippen LogP contribution in [0, 0.1) is 25.5 Å². The van der Waals surface area contributed by atoms with Crippen molar-refractivity contribution >= 4 is 64.8 Å². The highest BCUT2D eigenvalue weighted by molar-refractivity contribution is 5.85. The first-order chi connectivity index (χ1) is 33.1. The molecule has 6 heterocycles. The van der Waals surface area contributed by atoms with Crippen LogP contribution in [0.4, 0.5) is 43.4 Å². The largest absolute Gasteiger partial charge is 0.456 e. The Morgan fingerprint density at radius 3 is 1.36 bits per heavy atom. The zero-order chi connectivity index (χ0) is 49.4. The number of aliphatic hydroxyl groups is 1. The number of anilines is 6. The number of aryl methyl sites for hydroxylation is 2. The van der Waals surface area contributed by atoms with Crippen LogP contribution in [0.3, 0.4) is 0 Å². The van der Waals surface area contributed by atoms with Crippen LogP contribution >= 0.6 is 12.4 Å². The van der Waals surface area contributed by atoms with Crippen molar-refractivity contribution in [1.29, 1.82) is 0 Å². The summed E-state index contributed by atoms with van der Waals surface area (Å²) in [5, 5.41) is 15.3. The number of carbonyl (C=O) groups excluding carboxylic acids is 3. The van der Waals surface area contributed by atoms with Crippen molar-refractivity contribution < 1.29 is 33.0 Å². The molecule has 22 heteroatoms. The number of ether oxygens (including phenoxy) is 1. The zero-order valence-corrected chi connectivity index (χ0v) is 41.1. The zero-order valence-electron chi connectivity index (χ0n) is 40.3. The molecule has 0 unspecified atom stereocenters. The summed E-state index contributed by atoms with van der Waals surface area (Å²) in [5.74, 6) is 0.268. The number of amides is 2. The van der Waals surface area contributed by atoms with Gasteiger partial charge in [0, 0.05) is 94.1 Å². The van der Waals surface area contributed by atoms with Gasteiger partial charge in [-0.25, -0.2) is 38.7 Å². The van der Waals surface area contributed by atoms with Gasteiger partial charge in [-0.3, -0.25) is 14.4 Å². The van der Waals surface area contributed by atoms with E-state index in [1.165, 1.54) is 13.1 Å². The van der Waals surface area contributed by atoms with E-state index >= 15 is 0 Å². The molecule has 0 bridgehead atoms. The Balaban J connectivity index is 0.000000227. The number of aromatic nitrogens is 8. The molecule has 2 aromatic carbocycles. The quantitative estimate of drug-likeness (QED) is 0.106. The molecule has 0 atom stereocenters. The average Bonchev–Trinajstić information content (AvgIpc) is 3.94. The molecule has 0 radical (unpaired) electrons. The summed E-state index contributed by atoms with van der Waals surface area (Å²) in [6, 6.07) is 15.8. The van der Waals surface area contributed by atoms with E-state index in [2.05, 4.69) is 50.3 Å². The third-order valence-corrected chi connectivity index (χ3v) is 11.7. The van der Waals surface area contributed by atoms with Crippen molar-refractivity contribution in [3.05, 3.63) is 96.6 Å². The third kappa shape index (κ3) is 12.5. The Labute approximate surface area is 411 Å². The van der Waals surface area contributed by atoms with Gasteiger partial charge in [0.15, 0.2) is 18.2 Å². The minimum absolute atomic E-state index is 0. The van der Waals surface area contributed by atoms with Gasteiger partial charge in [-0.1, -0.05) is 0 Å². The third-order valence-electron chi connectivity index (χ3n) is 11.7. The Morgan fingerprint density at radius 1 is 0.614 bits per heavy atom. The van der Waals surface area contributed by atoms with Crippen LogP contribution in [-0.4, -0.2) is 137 Å². The second-order valence-corrected chi connectivity index (χ2v) is 17.1. The highest BCUT2D eigenvalue weighted by Gasteiger charge is 2.24. The number of benzene rings is 2. The van der Waals surface area contributed by atoms with Crippen molar-refractivity contribution in [1.82, 2.24) is 48.8 Å². The topological polar surface area (TPSA) is 205 Å². The minimum Gasteiger partial charge on any atom is -0.456 e. The first-order valence-electron chi connectivity index (χ1n) is 22.8. The van der Waals surface area contributed by atoms with Gasteiger partial charge in [-0.15, -0.1) is 12.4 Å². The molecule has 0 aliphatic carbocycles. The fourth-order valence-electron chi connectivity index (χ4n) is 8.33. The predicted octanol–water partition coefficient (Wildman–Crippen LogP) is 6.50. The molecular formula is C48H59ClF2N14O5. The number of rotatable bonds is 13. The van der Waals surface area contributed by atoms with Crippen LogP contribution in [0.25, 0.3) is 22.8 Å². The normalized spacial score (nSPS) is 13.7. The average molecular weight is 986 g/mol. The number of halogens is 3. The lowest BCUT2D eigenvalue weighted by molar-refractivity contribution is -0.150. The molecule has 4 aromatic heterocycles. The van der Waals surface area contributed by atoms with Crippen LogP contribution in [0.1, 0.15) is 58.4 Å². The van der Waals surface area contributed by atoms with Crippen molar-refractivity contribution in [2.75, 3.05) is 86.0 Å². The highest BCUT2D eigenvalue weighted by Crippen LogP contribution is 2.29. The number of aliphatic hydroxyl groups excluding tert-OH is 1. The predicted molar refractivity (Wildman–Crippen MR) is 265 cm³/mol. The number of imidazole rings is 2. The lowest BCUT2D eigenvalue weighted by Gasteiger charge is -2.36. The lowest BCUT2D eigenvalue weighted by atomic mass is 10.2. The number of nitrogens with one attached hydrogen (secondary N) is 2. The smallest absolute Gasteiger partial charge is 0.303 e. The molecule has 6 aromatic rings. The summed E-state index contributed by atoms with van der Waals surface area (Å²) in [7, 11) is 0. The summed E-state index contributed by atoms with van der Waals surface area (Å²) in [4.78, 5) is 68.1. The number of hydrogen-bond acceptors (Lipinski definition) is 15. The number of carbonyl (C=O) groups is 3. The van der Waals surface area contributed by atoms with E-state index in [1.807, 2.05) is 99.2 Å². The first-order valence-corrected chi connectivity index (χ1v) is 22.8. The van der Waals surface area contributed by atoms with E-state index in [-0.39, 0.29) is 60.2 Å². The molecule has 372 valence electrons. The maximum atomic E-state index is 14.6. The van der Waals surface area contributed by atoms with Gasteiger partial charge < -0.3 is 49.2 Å². The molecule has 2 fully saturated rings. The highest BCUT2D eigenvalue weighted by atomic mass is 35.5. The van der Waals surface area contributed by atoms with Crippen molar-refractivity contribution in [3.63, 3.8) is 0 Å². The van der Waals surface area contributed by atoms with Gasteiger partial charge in [0.1, 0.15) is 29.6 Å². The van der Waals surface area contributed by atoms with E-state index in [9.17, 15) is 23.2 Å². The fourth-order valence-corrected chi connectivity index (χ4v) is 8.33. The Hall–Kier alpha value is -7.26. The molecule has 2 amide bonds. The van der Waals surface area contributed by atoms with Gasteiger partial charge in [-0.05, 0) is 90.1 Å². The van der Waals surface area contributed by atoms with E-state index in [1.54, 1.807) is 22.2 Å². The van der Waals surface area contributed by atoms with E-state index in [0.29, 0.717) is 69.7 Å². The molecule has 19 nitrogen and oxygen atoms in total. The maximum absolute atomic E-state index is 14.6. The summed E-state index contributed by atoms with van der Waals surface area (Å²) < 4.78 is 37.9. The van der Waals surface area contributed by atoms with Crippen LogP contribution in [-0.2, 0) is 19.1 Å². The number of piperazine rings is 2. The molecule has 2 aliphatic rings. The molecular weight excluding hydrogens is 926 g/mol. The lowest BCUT2D eigenvalue weighted by Crippen LogP contribution is -2.49. The van der Waals surface area contributed by atoms with Crippen LogP contribution < -0.4 is 20.4 Å². The molecule has 2 aliphatic heterocycles. The molecule has 3 N–H and O–H groups in total. The molecule has 2 saturated heterocycles. The van der Waals surface area contributed by atoms with Crippen LogP contribution in [0.5, 0.6) is 0 Å². The SMILES string of the molecule is CC(=O)OCC(=O)N1CCN(c2ccc(Nc3ncc(F)c(-c4cnc(C)n4C(C)C)n3)cc2)CC1.Cc1ncc(-c2nc(Nc3ccc(N4CCN(C(=O)CO)CC4)cc3)ncc2F)n1C(C)C.Cl. The fraction of sp³-hybridized carbons (Fsp3) is 0.396. The second-order valence-electron chi connectivity index (χ2n) is 17.1. The second kappa shape index (κ2) is 23.4. The number of esters is 1. The number of nitrogens with zero attached hydrogens (tertiary/aromatic N) is 12. The standard InChI is InChI=1S/C25H30FN7O3.C23H28FN7O2.ClH/c1-16(2)33-17(3)27-14-22(33)24-21(26)13-28-25(30-24)29-19-5-7-20(8-6-19)31-9-11-32(12-10-31)23(35)15-36-18(4)34;1-15(2)31-16(3)25-13-20(31)22-19(24)12-26-23(28-22)27-17-4-6-18(7-5-17)29-8-10-30(11-9-29)21(33)14-32;/h5-8,13-14,16H,9-12,15H2,1-4H3,(H,28,29,30);4-7,12-13,15,32H,8-11,14H2,1-3H3,(H,26,27,28);1H. The number of hydrogen-bond donors (Lipinski definition) is 3. The van der Waals surface area contributed by atoms with Crippen molar-refractivity contribution in [2.24, 2.45) is 0 Å². The van der Waals surface area contributed by atoms with Gasteiger partial charge in [0.2, 0.25) is 17.8 Å². The Bertz CT molecular complexity index is 2740. The minimum atomic E-state index is -0.511. The van der Waals surface area contributed by atoms with Gasteiger partial charge in [0.25, 0.3) is 5.91 Å². The van der Waals surface area contributed by atoms with Gasteiger partial charge >= 0.3 is 5.97 Å². The molecule has 0 saturated carbocycles. The van der Waals surface area contributed by atoms with E-state index in [4.69, 9.17) is 9.84 Å². The summed E-state index contributed by atoms with van der Waals surface area (Å²) in [6.07, 6.45) is 5.59. The van der Waals surface area contributed by atoms with Gasteiger partial charge in [0.05, 0.1) is 36.2 Å². The monoisotopic (exact) mass is 984 g/mol. The van der Waals surface area contributed by atoms with Crippen LogP contribution in [0.15, 0.2) is 73.3 Å². The molecule has 8 rings (SSSR count). The Morgan fingerprint density at radius 2 is 1.00 bits per heavy atom. The summed E-state index contributed by atoms with van der Waals surface area (Å²) in [5.41, 5.74) is 5.21. The molecule has 70 heavy (non-hydrogen) atoms. The summed E-state index contributed by atoms with van der Waals surface area (Å²) in [6.45, 7) is 17.5. The first kappa shape index (κ1) is 52.1. The van der Waals surface area contributed by atoms with Crippen molar-refractivity contribution in [3.8, 4) is 22.8 Å². The van der Waals surface area contributed by atoms with Crippen LogP contribution in [0.2, 0.25) is 0 Å². The maximum Gasteiger partial charge on any atom is 0.303 e. The summed E-state index contributed by atoms with van der Waals surface area (Å²) >= 11 is 0. The Kier molecular flexibility index (Phi) is 17.4. The molecule has 0 spiro atoms. The van der Waals surface area contributed by atoms with E-state index < -0.39 is 24.2 Å².